The first-order valence-electron chi connectivity index (χ1n) is 9.42. The predicted octanol–water partition coefficient (Wildman–Crippen LogP) is 5.00. The number of amides is 1. The Balaban J connectivity index is 1.82. The molecular weight excluding hydrogens is 353 g/mol. The van der Waals surface area contributed by atoms with E-state index in [1.807, 2.05) is 6.07 Å². The first kappa shape index (κ1) is 19.8. The van der Waals surface area contributed by atoms with Crippen LogP contribution >= 0.6 is 0 Å². The van der Waals surface area contributed by atoms with Gasteiger partial charge in [-0.25, -0.2) is 9.82 Å². The number of carbonyl (C=O) groups excluding carboxylic acids is 1. The molecular formula is C23H26FN3O. The zero-order valence-corrected chi connectivity index (χ0v) is 17.0. The van der Waals surface area contributed by atoms with E-state index in [0.717, 1.165) is 11.1 Å². The summed E-state index contributed by atoms with van der Waals surface area (Å²) in [4.78, 5) is 14.4. The van der Waals surface area contributed by atoms with Crippen LogP contribution in [-0.2, 0) is 0 Å². The van der Waals surface area contributed by atoms with E-state index in [-0.39, 0.29) is 11.1 Å². The lowest BCUT2D eigenvalue weighted by Gasteiger charge is -2.46. The predicted molar refractivity (Wildman–Crippen MR) is 113 cm³/mol. The first-order chi connectivity index (χ1) is 13.2. The van der Waals surface area contributed by atoms with Gasteiger partial charge in [0.15, 0.2) is 0 Å². The maximum atomic E-state index is 13.7. The molecule has 28 heavy (non-hydrogen) atoms. The fourth-order valence-electron chi connectivity index (χ4n) is 3.96. The van der Waals surface area contributed by atoms with Crippen molar-refractivity contribution in [3.05, 3.63) is 71.0 Å². The number of anilines is 1. The Bertz CT molecular complexity index is 960. The molecule has 1 heterocycles. The SMILES string of the molecule is CC1=CC(C)(C)N(C(C)C)c2ccc(/C=N/NC(=O)c3ccccc3F)cc21. The van der Waals surface area contributed by atoms with Gasteiger partial charge in [-0.2, -0.15) is 5.10 Å². The van der Waals surface area contributed by atoms with Crippen LogP contribution in [0.4, 0.5) is 10.1 Å². The summed E-state index contributed by atoms with van der Waals surface area (Å²) in [6, 6.07) is 12.3. The summed E-state index contributed by atoms with van der Waals surface area (Å²) in [5.41, 5.74) is 6.71. The van der Waals surface area contributed by atoms with Crippen LogP contribution in [0.3, 0.4) is 0 Å². The Kier molecular flexibility index (Phi) is 5.36. The van der Waals surface area contributed by atoms with Gasteiger partial charge in [0.25, 0.3) is 5.91 Å². The van der Waals surface area contributed by atoms with Gasteiger partial charge in [0.2, 0.25) is 0 Å². The first-order valence-corrected chi connectivity index (χ1v) is 9.42. The largest absolute Gasteiger partial charge is 0.360 e. The minimum absolute atomic E-state index is 0.0290. The van der Waals surface area contributed by atoms with Crippen molar-refractivity contribution >= 4 is 23.4 Å². The number of hydrazone groups is 1. The average molecular weight is 379 g/mol. The maximum absolute atomic E-state index is 13.7. The number of hydrogen-bond donors (Lipinski definition) is 1. The highest BCUT2D eigenvalue weighted by atomic mass is 19.1. The smallest absolute Gasteiger partial charge is 0.274 e. The van der Waals surface area contributed by atoms with E-state index in [2.05, 4.69) is 68.3 Å². The molecule has 5 heteroatoms. The lowest BCUT2D eigenvalue weighted by Crippen LogP contribution is -2.49. The van der Waals surface area contributed by atoms with E-state index in [4.69, 9.17) is 0 Å². The van der Waals surface area contributed by atoms with E-state index in [1.54, 1.807) is 18.3 Å². The highest BCUT2D eigenvalue weighted by Crippen LogP contribution is 2.40. The topological polar surface area (TPSA) is 44.7 Å². The van der Waals surface area contributed by atoms with Crippen molar-refractivity contribution in [1.29, 1.82) is 0 Å². The fourth-order valence-corrected chi connectivity index (χ4v) is 3.96. The van der Waals surface area contributed by atoms with E-state index < -0.39 is 11.7 Å². The highest BCUT2D eigenvalue weighted by molar-refractivity contribution is 5.95. The molecule has 0 spiro atoms. The molecule has 1 aliphatic heterocycles. The minimum atomic E-state index is -0.573. The summed E-state index contributed by atoms with van der Waals surface area (Å²) in [5, 5.41) is 3.99. The van der Waals surface area contributed by atoms with Crippen molar-refractivity contribution in [2.24, 2.45) is 5.10 Å². The lowest BCUT2D eigenvalue weighted by molar-refractivity contribution is 0.0951. The number of rotatable bonds is 4. The fraction of sp³-hybridized carbons (Fsp3) is 0.304. The number of benzene rings is 2. The molecule has 0 fully saturated rings. The molecule has 0 bridgehead atoms. The summed E-state index contributed by atoms with van der Waals surface area (Å²) >= 11 is 0. The number of hydrogen-bond acceptors (Lipinski definition) is 3. The molecule has 0 aromatic heterocycles. The van der Waals surface area contributed by atoms with Crippen LogP contribution in [0.1, 0.15) is 56.1 Å². The number of allylic oxidation sites excluding steroid dienone is 1. The summed E-state index contributed by atoms with van der Waals surface area (Å²) in [5.74, 6) is -1.14. The van der Waals surface area contributed by atoms with E-state index in [9.17, 15) is 9.18 Å². The number of fused-ring (bicyclic) bond motifs is 1. The third-order valence-corrected chi connectivity index (χ3v) is 4.91. The molecule has 0 radical (unpaired) electrons. The molecule has 0 unspecified atom stereocenters. The average Bonchev–Trinajstić information content (AvgIpc) is 2.61. The molecule has 0 saturated carbocycles. The van der Waals surface area contributed by atoms with Gasteiger partial charge >= 0.3 is 0 Å². The molecule has 2 aromatic rings. The zero-order valence-electron chi connectivity index (χ0n) is 17.0. The maximum Gasteiger partial charge on any atom is 0.274 e. The van der Waals surface area contributed by atoms with Crippen molar-refractivity contribution in [1.82, 2.24) is 5.43 Å². The highest BCUT2D eigenvalue weighted by Gasteiger charge is 2.32. The van der Waals surface area contributed by atoms with E-state index in [1.165, 1.54) is 23.4 Å². The van der Waals surface area contributed by atoms with Crippen LogP contribution in [0, 0.1) is 5.82 Å². The van der Waals surface area contributed by atoms with Gasteiger partial charge in [-0.15, -0.1) is 0 Å². The minimum Gasteiger partial charge on any atom is -0.360 e. The molecule has 1 N–H and O–H groups in total. The van der Waals surface area contributed by atoms with Crippen LogP contribution < -0.4 is 10.3 Å². The van der Waals surface area contributed by atoms with E-state index in [0.29, 0.717) is 6.04 Å². The summed E-state index contributed by atoms with van der Waals surface area (Å²) in [7, 11) is 0. The molecule has 4 nitrogen and oxygen atoms in total. The Hall–Kier alpha value is -2.95. The van der Waals surface area contributed by atoms with Gasteiger partial charge in [-0.05, 0) is 70.0 Å². The molecule has 146 valence electrons. The summed E-state index contributed by atoms with van der Waals surface area (Å²) in [6.07, 6.45) is 3.85. The monoisotopic (exact) mass is 379 g/mol. The third kappa shape index (κ3) is 3.84. The number of nitrogens with zero attached hydrogens (tertiary/aromatic N) is 2. The Morgan fingerprint density at radius 1 is 1.21 bits per heavy atom. The molecule has 2 aromatic carbocycles. The van der Waals surface area contributed by atoms with Crippen molar-refractivity contribution in [2.45, 2.75) is 46.2 Å². The Morgan fingerprint density at radius 2 is 1.93 bits per heavy atom. The van der Waals surface area contributed by atoms with Gasteiger partial charge in [-0.1, -0.05) is 24.3 Å². The quantitative estimate of drug-likeness (QED) is 0.600. The second-order valence-corrected chi connectivity index (χ2v) is 7.90. The van der Waals surface area contributed by atoms with Gasteiger partial charge in [-0.3, -0.25) is 4.79 Å². The van der Waals surface area contributed by atoms with Crippen LogP contribution in [0.15, 0.2) is 53.6 Å². The van der Waals surface area contributed by atoms with Crippen molar-refractivity contribution in [2.75, 3.05) is 4.90 Å². The van der Waals surface area contributed by atoms with Crippen LogP contribution in [-0.4, -0.2) is 23.7 Å². The van der Waals surface area contributed by atoms with Crippen LogP contribution in [0.25, 0.3) is 5.57 Å². The number of halogens is 1. The Morgan fingerprint density at radius 3 is 2.61 bits per heavy atom. The van der Waals surface area contributed by atoms with Crippen molar-refractivity contribution in [3.63, 3.8) is 0 Å². The zero-order chi connectivity index (χ0) is 20.5. The molecule has 0 saturated heterocycles. The normalized spacial score (nSPS) is 15.5. The van der Waals surface area contributed by atoms with Gasteiger partial charge in [0.1, 0.15) is 5.82 Å². The van der Waals surface area contributed by atoms with Gasteiger partial charge < -0.3 is 4.90 Å². The second kappa shape index (κ2) is 7.58. The standard InChI is InChI=1S/C23H26FN3O/c1-15(2)27-21-11-10-17(12-19(21)16(3)13-23(27,4)5)14-25-26-22(28)18-8-6-7-9-20(18)24/h6-15H,1-5H3,(H,26,28)/b25-14+. The molecule has 3 rings (SSSR count). The number of carbonyl (C=O) groups is 1. The lowest BCUT2D eigenvalue weighted by atomic mass is 9.87. The molecule has 0 aliphatic carbocycles. The summed E-state index contributed by atoms with van der Waals surface area (Å²) < 4.78 is 13.7. The van der Waals surface area contributed by atoms with Crippen molar-refractivity contribution < 1.29 is 9.18 Å². The molecule has 1 amide bonds. The van der Waals surface area contributed by atoms with Gasteiger partial charge in [0.05, 0.1) is 17.3 Å². The van der Waals surface area contributed by atoms with Gasteiger partial charge in [0, 0.05) is 17.3 Å². The Labute approximate surface area is 165 Å². The van der Waals surface area contributed by atoms with E-state index >= 15 is 0 Å². The molecule has 1 aliphatic rings. The third-order valence-electron chi connectivity index (χ3n) is 4.91. The van der Waals surface area contributed by atoms with Crippen LogP contribution in [0.5, 0.6) is 0 Å². The second-order valence-electron chi connectivity index (χ2n) is 7.90. The van der Waals surface area contributed by atoms with Crippen LogP contribution in [0.2, 0.25) is 0 Å². The van der Waals surface area contributed by atoms with Crippen molar-refractivity contribution in [3.8, 4) is 0 Å². The summed E-state index contributed by atoms with van der Waals surface area (Å²) in [6.45, 7) is 10.9. The number of nitrogens with one attached hydrogen (secondary N) is 1. The molecule has 0 atom stereocenters.